The topological polar surface area (TPSA) is 104 Å². The maximum Gasteiger partial charge on any atom is 0.248 e. The summed E-state index contributed by atoms with van der Waals surface area (Å²) in [6.45, 7) is 8.50. The van der Waals surface area contributed by atoms with Crippen molar-refractivity contribution in [3.05, 3.63) is 40.7 Å². The Bertz CT molecular complexity index is 1170. The predicted molar refractivity (Wildman–Crippen MR) is 146 cm³/mol. The van der Waals surface area contributed by atoms with Crippen LogP contribution in [-0.2, 0) is 16.0 Å². The zero-order valence-electron chi connectivity index (χ0n) is 22.6. The van der Waals surface area contributed by atoms with Gasteiger partial charge in [-0.1, -0.05) is 43.7 Å². The SMILES string of the molecule is CC(C)(C)[C@@H](C(=O)N1C[C@H](O)C[C@H]1C(=O)NCCc1c(Cl)cccc1N1CCCC1)n1cc(C2CC2)nn1. The van der Waals surface area contributed by atoms with E-state index in [1.807, 2.05) is 39.1 Å². The van der Waals surface area contributed by atoms with Crippen LogP contribution in [0.1, 0.15) is 76.1 Å². The first-order chi connectivity index (χ1) is 18.1. The lowest BCUT2D eigenvalue weighted by atomic mass is 9.85. The number of nitrogens with zero attached hydrogens (tertiary/aromatic N) is 5. The zero-order chi connectivity index (χ0) is 27.0. The Morgan fingerprint density at radius 1 is 1.21 bits per heavy atom. The van der Waals surface area contributed by atoms with E-state index in [2.05, 4.69) is 26.6 Å². The van der Waals surface area contributed by atoms with Gasteiger partial charge in [-0.25, -0.2) is 4.68 Å². The summed E-state index contributed by atoms with van der Waals surface area (Å²) in [5, 5.41) is 22.8. The minimum Gasteiger partial charge on any atom is -0.391 e. The van der Waals surface area contributed by atoms with E-state index in [0.717, 1.165) is 42.9 Å². The molecule has 3 heterocycles. The molecule has 2 N–H and O–H groups in total. The van der Waals surface area contributed by atoms with Crippen molar-refractivity contribution in [1.29, 1.82) is 0 Å². The second-order valence-corrected chi connectivity index (χ2v) is 12.4. The van der Waals surface area contributed by atoms with Crippen molar-refractivity contribution in [2.45, 2.75) is 83.4 Å². The predicted octanol–water partition coefficient (Wildman–Crippen LogP) is 3.32. The van der Waals surface area contributed by atoms with Crippen molar-refractivity contribution in [2.24, 2.45) is 5.41 Å². The number of aromatic nitrogens is 3. The van der Waals surface area contributed by atoms with Crippen LogP contribution in [0.2, 0.25) is 5.02 Å². The first-order valence-corrected chi connectivity index (χ1v) is 14.2. The molecule has 2 aliphatic heterocycles. The monoisotopic (exact) mass is 542 g/mol. The number of hydrogen-bond donors (Lipinski definition) is 2. The van der Waals surface area contributed by atoms with E-state index in [0.29, 0.717) is 23.9 Å². The lowest BCUT2D eigenvalue weighted by molar-refractivity contribution is -0.144. The standard InChI is InChI=1S/C28H39ClN6O3/c1-28(2,3)25(35-17-22(31-32-35)18-9-10-18)27(38)34-16-19(36)15-24(34)26(37)30-12-11-20-21(29)7-6-8-23(20)33-13-4-5-14-33/h6-8,17-19,24-25,36H,4-5,9-16H2,1-3H3,(H,30,37)/t19-,24+,25-/m1/s1. The molecule has 206 valence electrons. The molecule has 9 nitrogen and oxygen atoms in total. The fourth-order valence-corrected chi connectivity index (χ4v) is 6.07. The number of likely N-dealkylation sites (tertiary alicyclic amines) is 1. The molecule has 3 fully saturated rings. The van der Waals surface area contributed by atoms with Crippen LogP contribution < -0.4 is 10.2 Å². The molecule has 1 aromatic carbocycles. The van der Waals surface area contributed by atoms with E-state index < -0.39 is 23.6 Å². The average molecular weight is 543 g/mol. The number of rotatable bonds is 8. The van der Waals surface area contributed by atoms with Gasteiger partial charge in [-0.2, -0.15) is 0 Å². The second-order valence-electron chi connectivity index (χ2n) is 12.0. The Kier molecular flexibility index (Phi) is 7.69. The normalized spacial score (nSPS) is 22.7. The van der Waals surface area contributed by atoms with Crippen LogP contribution >= 0.6 is 11.6 Å². The number of hydrogen-bond acceptors (Lipinski definition) is 6. The van der Waals surface area contributed by atoms with Gasteiger partial charge in [-0.3, -0.25) is 9.59 Å². The summed E-state index contributed by atoms with van der Waals surface area (Å²) in [4.78, 5) is 31.1. The molecule has 5 rings (SSSR count). The number of carbonyl (C=O) groups excluding carboxylic acids is 2. The lowest BCUT2D eigenvalue weighted by Crippen LogP contribution is -2.50. The summed E-state index contributed by atoms with van der Waals surface area (Å²) in [7, 11) is 0. The van der Waals surface area contributed by atoms with E-state index in [1.54, 1.807) is 4.68 Å². The molecule has 2 amide bonds. The highest BCUT2D eigenvalue weighted by molar-refractivity contribution is 6.31. The smallest absolute Gasteiger partial charge is 0.248 e. The first kappa shape index (κ1) is 26.9. The summed E-state index contributed by atoms with van der Waals surface area (Å²) in [6.07, 6.45) is 6.46. The van der Waals surface area contributed by atoms with E-state index in [1.165, 1.54) is 17.7 Å². The molecule has 0 spiro atoms. The van der Waals surface area contributed by atoms with Gasteiger partial charge in [0.1, 0.15) is 12.1 Å². The van der Waals surface area contributed by atoms with Crippen molar-refractivity contribution in [1.82, 2.24) is 25.2 Å². The van der Waals surface area contributed by atoms with Gasteiger partial charge in [0.2, 0.25) is 11.8 Å². The minimum absolute atomic E-state index is 0.122. The van der Waals surface area contributed by atoms with Gasteiger partial charge in [0.25, 0.3) is 0 Å². The number of anilines is 1. The number of nitrogens with one attached hydrogen (secondary N) is 1. The average Bonchev–Trinajstić information content (AvgIpc) is 3.23. The van der Waals surface area contributed by atoms with Gasteiger partial charge >= 0.3 is 0 Å². The molecule has 3 atom stereocenters. The number of amides is 2. The van der Waals surface area contributed by atoms with Crippen molar-refractivity contribution in [2.75, 3.05) is 31.1 Å². The molecule has 2 saturated heterocycles. The van der Waals surface area contributed by atoms with E-state index in [4.69, 9.17) is 11.6 Å². The fraction of sp³-hybridized carbons (Fsp3) is 0.643. The number of aliphatic hydroxyl groups is 1. The van der Waals surface area contributed by atoms with Crippen molar-refractivity contribution < 1.29 is 14.7 Å². The van der Waals surface area contributed by atoms with Crippen LogP contribution in [0.25, 0.3) is 0 Å². The summed E-state index contributed by atoms with van der Waals surface area (Å²) in [5.74, 6) is -0.0471. The number of halogens is 1. The van der Waals surface area contributed by atoms with Crippen LogP contribution in [0.4, 0.5) is 5.69 Å². The highest BCUT2D eigenvalue weighted by Gasteiger charge is 2.45. The number of carbonyl (C=O) groups is 2. The first-order valence-electron chi connectivity index (χ1n) is 13.8. The van der Waals surface area contributed by atoms with Crippen molar-refractivity contribution in [3.63, 3.8) is 0 Å². The Hall–Kier alpha value is -2.65. The van der Waals surface area contributed by atoms with E-state index >= 15 is 0 Å². The Morgan fingerprint density at radius 2 is 1.95 bits per heavy atom. The number of benzene rings is 1. The van der Waals surface area contributed by atoms with Gasteiger partial charge in [-0.15, -0.1) is 5.10 Å². The molecule has 0 bridgehead atoms. The third kappa shape index (κ3) is 5.69. The fourth-order valence-electron chi connectivity index (χ4n) is 5.80. The highest BCUT2D eigenvalue weighted by atomic mass is 35.5. The molecule has 3 aliphatic rings. The van der Waals surface area contributed by atoms with Gasteiger partial charge in [0, 0.05) is 55.4 Å². The van der Waals surface area contributed by atoms with E-state index in [-0.39, 0.29) is 24.8 Å². The minimum atomic E-state index is -0.751. The number of β-amino-alcohol motifs (C(OH)–C–C–N with tert-alkyl or cyclic N) is 1. The Labute approximate surface area is 229 Å². The Morgan fingerprint density at radius 3 is 2.63 bits per heavy atom. The molecular weight excluding hydrogens is 504 g/mol. The van der Waals surface area contributed by atoms with Gasteiger partial charge in [0.05, 0.1) is 11.8 Å². The molecule has 0 radical (unpaired) electrons. The maximum absolute atomic E-state index is 13.9. The summed E-state index contributed by atoms with van der Waals surface area (Å²) in [6, 6.07) is 4.58. The molecule has 1 aliphatic carbocycles. The molecule has 1 aromatic heterocycles. The van der Waals surface area contributed by atoms with Gasteiger partial charge in [0.15, 0.2) is 0 Å². The summed E-state index contributed by atoms with van der Waals surface area (Å²) in [5.41, 5.74) is 2.61. The number of aliphatic hydroxyl groups excluding tert-OH is 1. The second kappa shape index (κ2) is 10.8. The van der Waals surface area contributed by atoms with Crippen LogP contribution in [0.5, 0.6) is 0 Å². The molecule has 2 aromatic rings. The van der Waals surface area contributed by atoms with Crippen LogP contribution in [-0.4, -0.2) is 75.1 Å². The zero-order valence-corrected chi connectivity index (χ0v) is 23.3. The summed E-state index contributed by atoms with van der Waals surface area (Å²) >= 11 is 6.56. The van der Waals surface area contributed by atoms with Gasteiger partial charge < -0.3 is 20.2 Å². The van der Waals surface area contributed by atoms with Crippen LogP contribution in [0, 0.1) is 5.41 Å². The third-order valence-electron chi connectivity index (χ3n) is 7.92. The van der Waals surface area contributed by atoms with Crippen molar-refractivity contribution in [3.8, 4) is 0 Å². The van der Waals surface area contributed by atoms with E-state index in [9.17, 15) is 14.7 Å². The molecular formula is C28H39ClN6O3. The molecule has 10 heteroatoms. The van der Waals surface area contributed by atoms with Crippen LogP contribution in [0.3, 0.4) is 0 Å². The quantitative estimate of drug-likeness (QED) is 0.530. The van der Waals surface area contributed by atoms with Crippen LogP contribution in [0.15, 0.2) is 24.4 Å². The molecule has 1 saturated carbocycles. The Balaban J connectivity index is 1.27. The molecule has 0 unspecified atom stereocenters. The summed E-state index contributed by atoms with van der Waals surface area (Å²) < 4.78 is 1.65. The third-order valence-corrected chi connectivity index (χ3v) is 8.28. The maximum atomic E-state index is 13.9. The largest absolute Gasteiger partial charge is 0.391 e. The highest BCUT2D eigenvalue weighted by Crippen LogP contribution is 2.40. The molecule has 38 heavy (non-hydrogen) atoms. The lowest BCUT2D eigenvalue weighted by Gasteiger charge is -2.34. The van der Waals surface area contributed by atoms with Gasteiger partial charge in [-0.05, 0) is 55.2 Å². The van der Waals surface area contributed by atoms with Crippen molar-refractivity contribution >= 4 is 29.1 Å².